The fourth-order valence-electron chi connectivity index (χ4n) is 3.08. The second kappa shape index (κ2) is 8.20. The highest BCUT2D eigenvalue weighted by Gasteiger charge is 2.24. The van der Waals surface area contributed by atoms with Crippen molar-refractivity contribution >= 4 is 27.5 Å². The molecule has 0 bridgehead atoms. The zero-order chi connectivity index (χ0) is 21.2. The van der Waals surface area contributed by atoms with Crippen molar-refractivity contribution in [2.45, 2.75) is 18.7 Å². The topological polar surface area (TPSA) is 86.8 Å². The van der Waals surface area contributed by atoms with E-state index in [-0.39, 0.29) is 22.4 Å². The Bertz CT molecular complexity index is 1050. The lowest BCUT2D eigenvalue weighted by atomic mass is 10.1. The minimum absolute atomic E-state index is 0.0268. The Morgan fingerprint density at radius 1 is 1.00 bits per heavy atom. The molecule has 2 aromatic carbocycles. The van der Waals surface area contributed by atoms with Crippen LogP contribution in [0.25, 0.3) is 0 Å². The van der Waals surface area contributed by atoms with Crippen LogP contribution >= 0.6 is 0 Å². The van der Waals surface area contributed by atoms with Gasteiger partial charge in [0.25, 0.3) is 15.9 Å². The first-order chi connectivity index (χ1) is 13.7. The fraction of sp³-hybridized carbons (Fsp3) is 0.300. The van der Waals surface area contributed by atoms with Gasteiger partial charge in [-0.3, -0.25) is 14.3 Å². The molecule has 7 nitrogen and oxygen atoms in total. The quantitative estimate of drug-likeness (QED) is 0.824. The van der Waals surface area contributed by atoms with E-state index in [2.05, 4.69) is 4.72 Å². The van der Waals surface area contributed by atoms with E-state index in [0.29, 0.717) is 37.3 Å². The Hall–Kier alpha value is -2.94. The smallest absolute Gasteiger partial charge is 0.261 e. The number of sulfonamides is 1. The number of rotatable bonds is 4. The maximum Gasteiger partial charge on any atom is 0.261 e. The highest BCUT2D eigenvalue weighted by molar-refractivity contribution is 7.92. The summed E-state index contributed by atoms with van der Waals surface area (Å²) < 4.78 is 41.2. The Balaban J connectivity index is 1.75. The average molecular weight is 419 g/mol. The van der Waals surface area contributed by atoms with Gasteiger partial charge in [-0.1, -0.05) is 12.1 Å². The number of hydrogen-bond donors (Lipinski definition) is 1. The number of anilines is 1. The highest BCUT2D eigenvalue weighted by atomic mass is 32.2. The average Bonchev–Trinajstić information content (AvgIpc) is 2.69. The van der Waals surface area contributed by atoms with E-state index >= 15 is 0 Å². The second-order valence-electron chi connectivity index (χ2n) is 6.90. The van der Waals surface area contributed by atoms with Crippen molar-refractivity contribution < 1.29 is 22.4 Å². The number of nitrogens with one attached hydrogen (secondary N) is 1. The summed E-state index contributed by atoms with van der Waals surface area (Å²) in [7, 11) is -4.00. The summed E-state index contributed by atoms with van der Waals surface area (Å²) in [5.74, 6) is -0.877. The van der Waals surface area contributed by atoms with Crippen LogP contribution in [0.4, 0.5) is 10.1 Å². The van der Waals surface area contributed by atoms with Crippen LogP contribution in [-0.4, -0.2) is 56.2 Å². The molecule has 0 radical (unpaired) electrons. The van der Waals surface area contributed by atoms with Gasteiger partial charge in [0.15, 0.2) is 0 Å². The molecular formula is C20H22FN3O4S. The van der Waals surface area contributed by atoms with Crippen LogP contribution in [0.1, 0.15) is 22.8 Å². The lowest BCUT2D eigenvalue weighted by molar-refractivity contribution is -0.130. The van der Waals surface area contributed by atoms with Gasteiger partial charge >= 0.3 is 0 Å². The summed E-state index contributed by atoms with van der Waals surface area (Å²) in [6.45, 7) is 4.80. The number of aryl methyl sites for hydroxylation is 1. The molecule has 1 saturated heterocycles. The molecule has 154 valence electrons. The monoisotopic (exact) mass is 419 g/mol. The number of nitrogens with zero attached hydrogens (tertiary/aromatic N) is 2. The van der Waals surface area contributed by atoms with Crippen LogP contribution in [0.2, 0.25) is 0 Å². The molecule has 0 saturated carbocycles. The first kappa shape index (κ1) is 20.8. The van der Waals surface area contributed by atoms with Gasteiger partial charge in [-0.2, -0.15) is 0 Å². The summed E-state index contributed by atoms with van der Waals surface area (Å²) >= 11 is 0. The van der Waals surface area contributed by atoms with Crippen molar-refractivity contribution in [3.8, 4) is 0 Å². The largest absolute Gasteiger partial charge is 0.339 e. The van der Waals surface area contributed by atoms with Crippen LogP contribution in [-0.2, 0) is 14.8 Å². The van der Waals surface area contributed by atoms with Crippen molar-refractivity contribution in [1.82, 2.24) is 9.80 Å². The first-order valence-corrected chi connectivity index (χ1v) is 10.6. The van der Waals surface area contributed by atoms with Crippen LogP contribution in [0.15, 0.2) is 47.4 Å². The molecular weight excluding hydrogens is 397 g/mol. The van der Waals surface area contributed by atoms with E-state index < -0.39 is 15.8 Å². The lowest BCUT2D eigenvalue weighted by Gasteiger charge is -2.34. The molecule has 2 amide bonds. The molecule has 3 rings (SSSR count). The molecule has 0 aromatic heterocycles. The molecule has 0 aliphatic carbocycles. The van der Waals surface area contributed by atoms with Crippen LogP contribution in [0.5, 0.6) is 0 Å². The molecule has 1 aliphatic rings. The lowest BCUT2D eigenvalue weighted by Crippen LogP contribution is -2.50. The summed E-state index contributed by atoms with van der Waals surface area (Å²) in [5.41, 5.74) is 0.886. The van der Waals surface area contributed by atoms with Crippen LogP contribution < -0.4 is 4.72 Å². The van der Waals surface area contributed by atoms with Gasteiger partial charge in [0.1, 0.15) is 5.82 Å². The summed E-state index contributed by atoms with van der Waals surface area (Å²) in [6.07, 6.45) is 0. The fourth-order valence-corrected chi connectivity index (χ4v) is 4.14. The third-order valence-electron chi connectivity index (χ3n) is 4.83. The van der Waals surface area contributed by atoms with E-state index in [0.717, 1.165) is 6.07 Å². The molecule has 1 fully saturated rings. The number of carbonyl (C=O) groups excluding carboxylic acids is 2. The molecule has 9 heteroatoms. The number of amides is 2. The van der Waals surface area contributed by atoms with Crippen molar-refractivity contribution in [3.63, 3.8) is 0 Å². The van der Waals surface area contributed by atoms with Gasteiger partial charge in [-0.05, 0) is 42.8 Å². The predicted octanol–water partition coefficient (Wildman–Crippen LogP) is 2.24. The van der Waals surface area contributed by atoms with Crippen LogP contribution in [0.3, 0.4) is 0 Å². The van der Waals surface area contributed by atoms with E-state index in [1.165, 1.54) is 31.2 Å². The zero-order valence-electron chi connectivity index (χ0n) is 16.2. The van der Waals surface area contributed by atoms with E-state index in [4.69, 9.17) is 0 Å². The SMILES string of the molecule is CC(=O)N1CCN(C(=O)c2cccc(NS(=O)(=O)c3ccc(C)c(F)c3)c2)CC1. The van der Waals surface area contributed by atoms with Gasteiger partial charge in [-0.15, -0.1) is 0 Å². The Kier molecular flexibility index (Phi) is 5.88. The van der Waals surface area contributed by atoms with Crippen LogP contribution in [0, 0.1) is 12.7 Å². The van der Waals surface area contributed by atoms with Crippen molar-refractivity contribution in [2.75, 3.05) is 30.9 Å². The number of hydrogen-bond acceptors (Lipinski definition) is 4. The summed E-state index contributed by atoms with van der Waals surface area (Å²) in [4.78, 5) is 27.3. The van der Waals surface area contributed by atoms with E-state index in [9.17, 15) is 22.4 Å². The Morgan fingerprint density at radius 3 is 2.28 bits per heavy atom. The molecule has 1 N–H and O–H groups in total. The van der Waals surface area contributed by atoms with Gasteiger partial charge < -0.3 is 9.80 Å². The molecule has 2 aromatic rings. The molecule has 0 unspecified atom stereocenters. The molecule has 0 atom stereocenters. The van der Waals surface area contributed by atoms with E-state index in [1.807, 2.05) is 0 Å². The number of benzene rings is 2. The third-order valence-corrected chi connectivity index (χ3v) is 6.21. The minimum Gasteiger partial charge on any atom is -0.339 e. The summed E-state index contributed by atoms with van der Waals surface area (Å²) in [5, 5.41) is 0. The second-order valence-corrected chi connectivity index (χ2v) is 8.58. The third kappa shape index (κ3) is 4.73. The molecule has 29 heavy (non-hydrogen) atoms. The van der Waals surface area contributed by atoms with Gasteiger partial charge in [0.2, 0.25) is 5.91 Å². The van der Waals surface area contributed by atoms with Crippen molar-refractivity contribution in [1.29, 1.82) is 0 Å². The Labute approximate surface area is 169 Å². The number of carbonyl (C=O) groups is 2. The standard InChI is InChI=1S/C20H22FN3O4S/c1-14-6-7-18(13-19(14)21)29(27,28)22-17-5-3-4-16(12-17)20(26)24-10-8-23(9-11-24)15(2)25/h3-7,12-13,22H,8-11H2,1-2H3. The zero-order valence-corrected chi connectivity index (χ0v) is 17.0. The molecule has 1 aliphatic heterocycles. The van der Waals surface area contributed by atoms with Gasteiger partial charge in [0.05, 0.1) is 4.90 Å². The normalized spacial score (nSPS) is 14.6. The molecule has 1 heterocycles. The summed E-state index contributed by atoms with van der Waals surface area (Å²) in [6, 6.07) is 9.82. The predicted molar refractivity (Wildman–Crippen MR) is 107 cm³/mol. The maximum absolute atomic E-state index is 13.7. The van der Waals surface area contributed by atoms with E-state index in [1.54, 1.807) is 28.9 Å². The highest BCUT2D eigenvalue weighted by Crippen LogP contribution is 2.20. The Morgan fingerprint density at radius 2 is 1.66 bits per heavy atom. The first-order valence-electron chi connectivity index (χ1n) is 9.11. The van der Waals surface area contributed by atoms with Gasteiger partial charge in [0, 0.05) is 44.4 Å². The molecule has 0 spiro atoms. The van der Waals surface area contributed by atoms with Crippen molar-refractivity contribution in [3.05, 3.63) is 59.4 Å². The van der Waals surface area contributed by atoms with Gasteiger partial charge in [-0.25, -0.2) is 12.8 Å². The number of piperazine rings is 1. The minimum atomic E-state index is -4.00. The van der Waals surface area contributed by atoms with Crippen molar-refractivity contribution in [2.24, 2.45) is 0 Å². The number of halogens is 1. The maximum atomic E-state index is 13.7.